The number of carbonyl (C=O) groups excluding carboxylic acids is 2. The van der Waals surface area contributed by atoms with E-state index in [9.17, 15) is 9.59 Å². The Balaban J connectivity index is 1.40. The highest BCUT2D eigenvalue weighted by molar-refractivity contribution is 7.09. The fraction of sp³-hybridized carbons (Fsp3) is 0.684. The summed E-state index contributed by atoms with van der Waals surface area (Å²) in [5, 5.41) is 2.08. The predicted octanol–water partition coefficient (Wildman–Crippen LogP) is 3.32. The Kier molecular flexibility index (Phi) is 5.93. The molecular weight excluding hydrogens is 320 g/mol. The van der Waals surface area contributed by atoms with Crippen LogP contribution >= 0.6 is 11.3 Å². The molecule has 3 rings (SSSR count). The molecule has 0 spiro atoms. The van der Waals surface area contributed by atoms with Crippen LogP contribution in [0, 0.1) is 5.92 Å². The molecule has 0 bridgehead atoms. The highest BCUT2D eigenvalue weighted by atomic mass is 32.1. The van der Waals surface area contributed by atoms with Crippen molar-refractivity contribution in [1.82, 2.24) is 9.80 Å². The predicted molar refractivity (Wildman–Crippen MR) is 97.0 cm³/mol. The number of amides is 2. The van der Waals surface area contributed by atoms with Crippen LogP contribution in [0.15, 0.2) is 17.5 Å². The van der Waals surface area contributed by atoms with Crippen LogP contribution < -0.4 is 0 Å². The van der Waals surface area contributed by atoms with E-state index in [0.717, 1.165) is 32.2 Å². The molecule has 1 aliphatic heterocycles. The molecule has 2 aliphatic rings. The van der Waals surface area contributed by atoms with E-state index in [-0.39, 0.29) is 5.91 Å². The van der Waals surface area contributed by atoms with Gasteiger partial charge in [-0.3, -0.25) is 9.59 Å². The summed E-state index contributed by atoms with van der Waals surface area (Å²) in [6.07, 6.45) is 7.93. The van der Waals surface area contributed by atoms with E-state index >= 15 is 0 Å². The molecule has 1 aromatic rings. The van der Waals surface area contributed by atoms with Crippen molar-refractivity contribution >= 4 is 23.2 Å². The van der Waals surface area contributed by atoms with Gasteiger partial charge < -0.3 is 9.80 Å². The van der Waals surface area contributed by atoms with E-state index in [0.29, 0.717) is 37.3 Å². The van der Waals surface area contributed by atoms with Crippen LogP contribution in [0.1, 0.15) is 49.8 Å². The molecule has 0 aromatic carbocycles. The van der Waals surface area contributed by atoms with Gasteiger partial charge in [-0.25, -0.2) is 0 Å². The summed E-state index contributed by atoms with van der Waals surface area (Å²) in [5.41, 5.74) is 0. The number of aryl methyl sites for hydroxylation is 1. The molecule has 1 saturated heterocycles. The molecule has 1 saturated carbocycles. The lowest BCUT2D eigenvalue weighted by Crippen LogP contribution is -2.36. The zero-order valence-corrected chi connectivity index (χ0v) is 15.4. The number of thiophene rings is 1. The van der Waals surface area contributed by atoms with Crippen LogP contribution in [-0.2, 0) is 16.0 Å². The third-order valence-corrected chi connectivity index (χ3v) is 6.29. The van der Waals surface area contributed by atoms with Gasteiger partial charge in [0.15, 0.2) is 0 Å². The van der Waals surface area contributed by atoms with Gasteiger partial charge in [-0.1, -0.05) is 18.9 Å². The highest BCUT2D eigenvalue weighted by Gasteiger charge is 2.36. The van der Waals surface area contributed by atoms with Gasteiger partial charge in [0.25, 0.3) is 0 Å². The Morgan fingerprint density at radius 2 is 2.17 bits per heavy atom. The lowest BCUT2D eigenvalue weighted by Gasteiger charge is -2.25. The highest BCUT2D eigenvalue weighted by Crippen LogP contribution is 2.29. The maximum atomic E-state index is 12.3. The van der Waals surface area contributed by atoms with Crippen LogP contribution in [0.5, 0.6) is 0 Å². The van der Waals surface area contributed by atoms with Crippen LogP contribution in [0.4, 0.5) is 0 Å². The number of carbonyl (C=O) groups is 2. The van der Waals surface area contributed by atoms with E-state index in [1.807, 2.05) is 11.9 Å². The first kappa shape index (κ1) is 17.5. The molecule has 4 nitrogen and oxygen atoms in total. The number of nitrogens with zero attached hydrogens (tertiary/aromatic N) is 2. The largest absolute Gasteiger partial charge is 0.345 e. The van der Waals surface area contributed by atoms with Gasteiger partial charge >= 0.3 is 0 Å². The van der Waals surface area contributed by atoms with Gasteiger partial charge in [-0.05, 0) is 37.1 Å². The Labute approximate surface area is 148 Å². The third kappa shape index (κ3) is 4.38. The maximum absolute atomic E-state index is 12.3. The normalized spacial score (nSPS) is 21.6. The van der Waals surface area contributed by atoms with Crippen molar-refractivity contribution in [3.8, 4) is 0 Å². The van der Waals surface area contributed by atoms with E-state index in [2.05, 4.69) is 22.4 Å². The second kappa shape index (κ2) is 8.15. The molecule has 5 heteroatoms. The first-order chi connectivity index (χ1) is 11.6. The van der Waals surface area contributed by atoms with Gasteiger partial charge in [0.1, 0.15) is 0 Å². The van der Waals surface area contributed by atoms with Crippen molar-refractivity contribution in [3.05, 3.63) is 22.4 Å². The average Bonchev–Trinajstić information content (AvgIpc) is 3.28. The van der Waals surface area contributed by atoms with Crippen LogP contribution in [0.3, 0.4) is 0 Å². The van der Waals surface area contributed by atoms with E-state index < -0.39 is 0 Å². The first-order valence-electron chi connectivity index (χ1n) is 9.19. The lowest BCUT2D eigenvalue weighted by atomic mass is 10.1. The third-order valence-electron chi connectivity index (χ3n) is 5.36. The fourth-order valence-corrected chi connectivity index (χ4v) is 4.80. The van der Waals surface area contributed by atoms with Crippen LogP contribution in [-0.4, -0.2) is 47.8 Å². The summed E-state index contributed by atoms with van der Waals surface area (Å²) in [6, 6.07) is 4.65. The van der Waals surface area contributed by atoms with Gasteiger partial charge in [0, 0.05) is 49.8 Å². The number of likely N-dealkylation sites (tertiary alicyclic amines) is 1. The second-order valence-corrected chi connectivity index (χ2v) is 8.29. The maximum Gasteiger partial charge on any atom is 0.223 e. The Hall–Kier alpha value is -1.36. The number of hydrogen-bond donors (Lipinski definition) is 0. The smallest absolute Gasteiger partial charge is 0.223 e. The van der Waals surface area contributed by atoms with Crippen molar-refractivity contribution in [2.24, 2.45) is 5.92 Å². The summed E-state index contributed by atoms with van der Waals surface area (Å²) in [6.45, 7) is 1.56. The van der Waals surface area contributed by atoms with Gasteiger partial charge in [-0.15, -0.1) is 11.3 Å². The Bertz CT molecular complexity index is 552. The topological polar surface area (TPSA) is 40.6 Å². The van der Waals surface area contributed by atoms with Crippen LogP contribution in [0.2, 0.25) is 0 Å². The van der Waals surface area contributed by atoms with Crippen molar-refractivity contribution < 1.29 is 9.59 Å². The molecule has 0 radical (unpaired) electrons. The van der Waals surface area contributed by atoms with Crippen molar-refractivity contribution in [2.45, 2.75) is 57.4 Å². The molecule has 2 heterocycles. The van der Waals surface area contributed by atoms with E-state index in [1.165, 1.54) is 17.7 Å². The molecule has 1 atom stereocenters. The molecule has 2 amide bonds. The first-order valence-corrected chi connectivity index (χ1v) is 10.1. The van der Waals surface area contributed by atoms with Gasteiger partial charge in [0.2, 0.25) is 11.8 Å². The molecule has 2 fully saturated rings. The van der Waals surface area contributed by atoms with Crippen LogP contribution in [0.25, 0.3) is 0 Å². The lowest BCUT2D eigenvalue weighted by molar-refractivity contribution is -0.131. The zero-order chi connectivity index (χ0) is 16.9. The second-order valence-electron chi connectivity index (χ2n) is 7.26. The summed E-state index contributed by atoms with van der Waals surface area (Å²) < 4.78 is 0. The molecule has 0 N–H and O–H groups in total. The Morgan fingerprint density at radius 1 is 1.38 bits per heavy atom. The monoisotopic (exact) mass is 348 g/mol. The van der Waals surface area contributed by atoms with Crippen molar-refractivity contribution in [1.29, 1.82) is 0 Å². The molecule has 24 heavy (non-hydrogen) atoms. The molecule has 132 valence electrons. The number of hydrogen-bond acceptors (Lipinski definition) is 3. The van der Waals surface area contributed by atoms with E-state index in [4.69, 9.17) is 0 Å². The number of rotatable bonds is 7. The van der Waals surface area contributed by atoms with E-state index in [1.54, 1.807) is 11.3 Å². The summed E-state index contributed by atoms with van der Waals surface area (Å²) in [7, 11) is 1.89. The summed E-state index contributed by atoms with van der Waals surface area (Å²) in [5.74, 6) is 0.813. The van der Waals surface area contributed by atoms with Crippen molar-refractivity contribution in [2.75, 3.05) is 20.1 Å². The summed E-state index contributed by atoms with van der Waals surface area (Å²) >= 11 is 1.75. The molecule has 1 aromatic heterocycles. The summed E-state index contributed by atoms with van der Waals surface area (Å²) in [4.78, 5) is 29.8. The zero-order valence-electron chi connectivity index (χ0n) is 14.6. The average molecular weight is 349 g/mol. The van der Waals surface area contributed by atoms with Gasteiger partial charge in [0.05, 0.1) is 0 Å². The minimum absolute atomic E-state index is 0.207. The quantitative estimate of drug-likeness (QED) is 0.758. The fourth-order valence-electron chi connectivity index (χ4n) is 4.05. The van der Waals surface area contributed by atoms with Crippen molar-refractivity contribution in [3.63, 3.8) is 0 Å². The molecular formula is C19H28N2O2S. The minimum Gasteiger partial charge on any atom is -0.345 e. The Morgan fingerprint density at radius 3 is 2.88 bits per heavy atom. The standard InChI is InChI=1S/C19H28N2O2S/c1-20(18(22)10-4-8-17-9-5-11-24-17)13-15-12-19(23)21(14-15)16-6-2-3-7-16/h5,9,11,15-16H,2-4,6-8,10,12-14H2,1H3. The van der Waals surface area contributed by atoms with Gasteiger partial charge in [-0.2, -0.15) is 0 Å². The minimum atomic E-state index is 0.207. The SMILES string of the molecule is CN(CC1CC(=O)N(C2CCCC2)C1)C(=O)CCCc1cccs1. The molecule has 1 unspecified atom stereocenters. The molecule has 1 aliphatic carbocycles.